The molecule has 0 N–H and O–H groups in total. The number of rotatable bonds is 3. The summed E-state index contributed by atoms with van der Waals surface area (Å²) in [6, 6.07) is 0. The molecule has 3 aliphatic rings. The second-order valence-corrected chi connectivity index (χ2v) is 13.7. The van der Waals surface area contributed by atoms with E-state index in [0.717, 1.165) is 0 Å². The maximum atomic E-state index is 4.88. The van der Waals surface area contributed by atoms with Gasteiger partial charge in [-0.3, -0.25) is 0 Å². The van der Waals surface area contributed by atoms with Crippen LogP contribution in [-0.4, -0.2) is 17.0 Å². The van der Waals surface area contributed by atoms with E-state index in [2.05, 4.69) is 0 Å². The first-order valence-electron chi connectivity index (χ1n) is 9.46. The van der Waals surface area contributed by atoms with E-state index in [9.17, 15) is 0 Å². The third-order valence-corrected chi connectivity index (χ3v) is 10.1. The Bertz CT molecular complexity index is 229. The molecule has 0 amide bonds. The Balaban J connectivity index is 0.000000545. The zero-order valence-corrected chi connectivity index (χ0v) is 18.5. The Morgan fingerprint density at radius 3 is 0.955 bits per heavy atom. The summed E-state index contributed by atoms with van der Waals surface area (Å²) in [4.78, 5) is 0. The van der Waals surface area contributed by atoms with E-state index in [1.165, 1.54) is 36.2 Å². The van der Waals surface area contributed by atoms with Crippen LogP contribution in [0, 0.1) is 0 Å². The first-order valence-corrected chi connectivity index (χ1v) is 16.6. The average Bonchev–Trinajstić information content (AvgIpc) is 2.59. The van der Waals surface area contributed by atoms with E-state index >= 15 is 0 Å². The van der Waals surface area contributed by atoms with Gasteiger partial charge in [0, 0.05) is 0 Å². The second-order valence-electron chi connectivity index (χ2n) is 7.37. The molecule has 0 unspecified atom stereocenters. The van der Waals surface area contributed by atoms with Gasteiger partial charge in [0.15, 0.2) is 0 Å². The predicted molar refractivity (Wildman–Crippen MR) is 99.2 cm³/mol. The van der Waals surface area contributed by atoms with Gasteiger partial charge in [-0.25, -0.2) is 0 Å². The molecule has 3 aliphatic carbocycles. The first-order chi connectivity index (χ1) is 10.9. The number of hydrogen-bond donors (Lipinski definition) is 0. The van der Waals surface area contributed by atoms with E-state index in [4.69, 9.17) is 18.8 Å². The summed E-state index contributed by atoms with van der Waals surface area (Å²) in [7, 11) is 10.1. The van der Waals surface area contributed by atoms with Crippen LogP contribution in [0.15, 0.2) is 0 Å². The summed E-state index contributed by atoms with van der Waals surface area (Å²) in [5.74, 6) is 0. The predicted octanol–water partition coefficient (Wildman–Crippen LogP) is 7.84. The standard InChI is InChI=1S/C18H33P.2ClH.Pt/c1-4-10-16(11-5-1)19(17-12-6-2-7-13-17)18-14-8-3-9-15-18;;;/h16-18H,1-15H2;2*1H;/q;;;+2/p-2. The van der Waals surface area contributed by atoms with Gasteiger partial charge in [-0.15, -0.1) is 0 Å². The summed E-state index contributed by atoms with van der Waals surface area (Å²) < 4.78 is 0. The maximum absolute atomic E-state index is 4.88. The van der Waals surface area contributed by atoms with Crippen LogP contribution in [0.3, 0.4) is 0 Å². The van der Waals surface area contributed by atoms with Gasteiger partial charge in [-0.05, 0) is 55.5 Å². The van der Waals surface area contributed by atoms with E-state index in [1.807, 2.05) is 0 Å². The van der Waals surface area contributed by atoms with Crippen LogP contribution in [0.25, 0.3) is 0 Å². The minimum absolute atomic E-state index is 0.385. The van der Waals surface area contributed by atoms with Crippen LogP contribution in [-0.2, 0) is 16.5 Å². The molecule has 0 atom stereocenters. The van der Waals surface area contributed by atoms with Gasteiger partial charge in [0.05, 0.1) is 0 Å². The van der Waals surface area contributed by atoms with Crippen molar-refractivity contribution in [2.75, 3.05) is 0 Å². The molecule has 0 spiro atoms. The van der Waals surface area contributed by atoms with Gasteiger partial charge in [-0.2, -0.15) is 0 Å². The molecule has 0 nitrogen and oxygen atoms in total. The summed E-state index contributed by atoms with van der Waals surface area (Å²) in [6.07, 6.45) is 23.6. The van der Waals surface area contributed by atoms with Crippen molar-refractivity contribution in [2.24, 2.45) is 0 Å². The van der Waals surface area contributed by atoms with Crippen molar-refractivity contribution in [3.8, 4) is 0 Å². The Labute approximate surface area is 156 Å². The molecule has 0 aromatic rings. The fourth-order valence-electron chi connectivity index (χ4n) is 5.03. The van der Waals surface area contributed by atoms with Crippen LogP contribution in [0.1, 0.15) is 96.3 Å². The summed E-state index contributed by atoms with van der Waals surface area (Å²) >= 11 is -0.472. The Morgan fingerprint density at radius 2 is 0.727 bits per heavy atom. The second kappa shape index (κ2) is 12.1. The Kier molecular flexibility index (Phi) is 11.0. The van der Waals surface area contributed by atoms with E-state index in [0.29, 0.717) is 7.92 Å². The zero-order valence-electron chi connectivity index (χ0n) is 13.9. The molecule has 0 saturated heterocycles. The molecule has 3 saturated carbocycles. The molecule has 4 heteroatoms. The molecule has 22 heavy (non-hydrogen) atoms. The van der Waals surface area contributed by atoms with Gasteiger partial charge in [0.1, 0.15) is 0 Å². The minimum atomic E-state index is -0.472. The summed E-state index contributed by atoms with van der Waals surface area (Å²) in [5.41, 5.74) is 3.57. The van der Waals surface area contributed by atoms with Crippen molar-refractivity contribution in [3.05, 3.63) is 0 Å². The van der Waals surface area contributed by atoms with Gasteiger partial charge in [0.2, 0.25) is 0 Å². The van der Waals surface area contributed by atoms with Crippen LogP contribution in [0.2, 0.25) is 0 Å². The van der Waals surface area contributed by atoms with Crippen LogP contribution in [0.4, 0.5) is 0 Å². The van der Waals surface area contributed by atoms with Crippen LogP contribution < -0.4 is 0 Å². The molecule has 3 fully saturated rings. The van der Waals surface area contributed by atoms with Gasteiger partial charge >= 0.3 is 35.3 Å². The molecule has 0 bridgehead atoms. The van der Waals surface area contributed by atoms with E-state index < -0.39 is 16.5 Å². The molecule has 3 rings (SSSR count). The topological polar surface area (TPSA) is 0 Å². The molecule has 0 aliphatic heterocycles. The molecule has 0 heterocycles. The molecule has 0 aromatic carbocycles. The van der Waals surface area contributed by atoms with Crippen molar-refractivity contribution < 1.29 is 16.5 Å². The summed E-state index contributed by atoms with van der Waals surface area (Å²) in [5, 5.41) is 0. The van der Waals surface area contributed by atoms with Crippen molar-refractivity contribution in [1.82, 2.24) is 0 Å². The van der Waals surface area contributed by atoms with Gasteiger partial charge in [-0.1, -0.05) is 65.7 Å². The monoisotopic (exact) mass is 545 g/mol. The zero-order chi connectivity index (χ0) is 15.6. The van der Waals surface area contributed by atoms with Crippen molar-refractivity contribution in [3.63, 3.8) is 0 Å². The number of halogens is 2. The fourth-order valence-corrected chi connectivity index (χ4v) is 9.71. The van der Waals surface area contributed by atoms with Gasteiger partial charge < -0.3 is 0 Å². The van der Waals surface area contributed by atoms with E-state index in [1.54, 1.807) is 77.0 Å². The Hall–Kier alpha value is 1.70. The van der Waals surface area contributed by atoms with Crippen molar-refractivity contribution in [1.29, 1.82) is 0 Å². The van der Waals surface area contributed by atoms with Crippen LogP contribution >= 0.6 is 26.8 Å². The SMILES string of the molecule is C1CCC(P(C2CCCCC2)C2CCCCC2)CC1.[Cl][Pt][Cl]. The van der Waals surface area contributed by atoms with Crippen molar-refractivity contribution >= 4 is 26.8 Å². The molecular formula is C18H33Cl2PPt. The Morgan fingerprint density at radius 1 is 0.500 bits per heavy atom. The average molecular weight is 546 g/mol. The molecule has 0 aromatic heterocycles. The molecule has 0 radical (unpaired) electrons. The fraction of sp³-hybridized carbons (Fsp3) is 1.00. The third kappa shape index (κ3) is 6.54. The number of hydrogen-bond acceptors (Lipinski definition) is 0. The van der Waals surface area contributed by atoms with E-state index in [-0.39, 0.29) is 0 Å². The quantitative estimate of drug-likeness (QED) is 0.317. The normalized spacial score (nSPS) is 26.0. The molecular weight excluding hydrogens is 513 g/mol. The third-order valence-electron chi connectivity index (χ3n) is 5.99. The van der Waals surface area contributed by atoms with Crippen molar-refractivity contribution in [2.45, 2.75) is 113 Å². The summed E-state index contributed by atoms with van der Waals surface area (Å²) in [6.45, 7) is 0. The van der Waals surface area contributed by atoms with Crippen LogP contribution in [0.5, 0.6) is 0 Å². The van der Waals surface area contributed by atoms with Gasteiger partial charge in [0.25, 0.3) is 0 Å². The first kappa shape index (κ1) is 20.0. The molecule has 134 valence electrons.